The van der Waals surface area contributed by atoms with E-state index in [0.29, 0.717) is 29.0 Å². The van der Waals surface area contributed by atoms with Gasteiger partial charge >= 0.3 is 0 Å². The minimum atomic E-state index is -3.59. The monoisotopic (exact) mass is 493 g/mol. The number of anilines is 1. The lowest BCUT2D eigenvalue weighted by Gasteiger charge is -2.08. The van der Waals surface area contributed by atoms with Gasteiger partial charge in [-0.15, -0.1) is 10.2 Å². The molecule has 10 heteroatoms. The standard InChI is InChI=1S/C25H23N3O6S/c1-32-20-11-13-22(14-12-20)35(30,31)16-15-23(29)26-19-7-9-21(10-8-19)33-17-24-27-28-25(34-24)18-5-3-2-4-6-18/h2-14H,15-17H2,1H3,(H,26,29). The van der Waals surface area contributed by atoms with Gasteiger partial charge in [-0.1, -0.05) is 18.2 Å². The molecule has 0 spiro atoms. The first-order chi connectivity index (χ1) is 16.9. The third kappa shape index (κ3) is 6.45. The van der Waals surface area contributed by atoms with Crippen LogP contribution in [0.1, 0.15) is 12.3 Å². The Balaban J connectivity index is 1.25. The minimum Gasteiger partial charge on any atom is -0.497 e. The number of carbonyl (C=O) groups is 1. The van der Waals surface area contributed by atoms with Gasteiger partial charge in [-0.05, 0) is 60.7 Å². The molecule has 4 rings (SSSR count). The zero-order chi connectivity index (χ0) is 24.7. The molecule has 1 N–H and O–H groups in total. The van der Waals surface area contributed by atoms with Gasteiger partial charge in [0.25, 0.3) is 5.89 Å². The highest BCUT2D eigenvalue weighted by Crippen LogP contribution is 2.21. The number of hydrogen-bond donors (Lipinski definition) is 1. The highest BCUT2D eigenvalue weighted by atomic mass is 32.2. The number of sulfone groups is 1. The minimum absolute atomic E-state index is 0.0920. The fourth-order valence-electron chi connectivity index (χ4n) is 3.14. The molecule has 0 saturated carbocycles. The molecule has 0 aliphatic carbocycles. The lowest BCUT2D eigenvalue weighted by Crippen LogP contribution is -2.17. The van der Waals surface area contributed by atoms with Gasteiger partial charge in [0.05, 0.1) is 17.8 Å². The predicted octanol–water partition coefficient (Wildman–Crippen LogP) is 4.13. The molecule has 0 aliphatic rings. The zero-order valence-electron chi connectivity index (χ0n) is 18.9. The molecule has 1 heterocycles. The molecule has 3 aromatic carbocycles. The van der Waals surface area contributed by atoms with Gasteiger partial charge in [0, 0.05) is 17.7 Å². The molecule has 0 bridgehead atoms. The van der Waals surface area contributed by atoms with Crippen molar-refractivity contribution in [3.05, 3.63) is 84.8 Å². The first-order valence-electron chi connectivity index (χ1n) is 10.7. The third-order valence-corrected chi connectivity index (χ3v) is 6.74. The van der Waals surface area contributed by atoms with E-state index in [1.165, 1.54) is 19.2 Å². The van der Waals surface area contributed by atoms with E-state index in [9.17, 15) is 13.2 Å². The van der Waals surface area contributed by atoms with Crippen molar-refractivity contribution in [2.24, 2.45) is 0 Å². The number of methoxy groups -OCH3 is 1. The maximum Gasteiger partial charge on any atom is 0.254 e. The zero-order valence-corrected chi connectivity index (χ0v) is 19.7. The van der Waals surface area contributed by atoms with E-state index in [2.05, 4.69) is 15.5 Å². The Morgan fingerprint density at radius 1 is 0.914 bits per heavy atom. The topological polar surface area (TPSA) is 121 Å². The Kier molecular flexibility index (Phi) is 7.41. The molecule has 0 atom stereocenters. The molecule has 1 amide bonds. The third-order valence-electron chi connectivity index (χ3n) is 5.00. The number of rotatable bonds is 10. The van der Waals surface area contributed by atoms with E-state index in [1.807, 2.05) is 30.3 Å². The number of amides is 1. The number of nitrogens with one attached hydrogen (secondary N) is 1. The molecule has 1 aromatic heterocycles. The van der Waals surface area contributed by atoms with Crippen molar-refractivity contribution in [2.45, 2.75) is 17.9 Å². The summed E-state index contributed by atoms with van der Waals surface area (Å²) >= 11 is 0. The van der Waals surface area contributed by atoms with E-state index >= 15 is 0 Å². The van der Waals surface area contributed by atoms with Crippen molar-refractivity contribution in [1.82, 2.24) is 10.2 Å². The lowest BCUT2D eigenvalue weighted by atomic mass is 10.2. The number of nitrogens with zero attached hydrogens (tertiary/aromatic N) is 2. The van der Waals surface area contributed by atoms with Crippen molar-refractivity contribution in [1.29, 1.82) is 0 Å². The number of benzene rings is 3. The fraction of sp³-hybridized carbons (Fsp3) is 0.160. The van der Waals surface area contributed by atoms with Crippen LogP contribution in [-0.2, 0) is 21.2 Å². The second-order valence-corrected chi connectivity index (χ2v) is 9.58. The Bertz CT molecular complexity index is 1370. The maximum absolute atomic E-state index is 12.4. The average Bonchev–Trinajstić information content (AvgIpc) is 3.37. The number of aromatic nitrogens is 2. The molecule has 0 unspecified atom stereocenters. The Morgan fingerprint density at radius 2 is 1.60 bits per heavy atom. The summed E-state index contributed by atoms with van der Waals surface area (Å²) in [7, 11) is -2.08. The average molecular weight is 494 g/mol. The maximum atomic E-state index is 12.4. The van der Waals surface area contributed by atoms with Crippen LogP contribution in [0.4, 0.5) is 5.69 Å². The van der Waals surface area contributed by atoms with Gasteiger partial charge < -0.3 is 19.2 Å². The van der Waals surface area contributed by atoms with Crippen LogP contribution in [-0.4, -0.2) is 37.4 Å². The van der Waals surface area contributed by atoms with Gasteiger partial charge in [0.2, 0.25) is 11.8 Å². The molecule has 180 valence electrons. The summed E-state index contributed by atoms with van der Waals surface area (Å²) < 4.78 is 41.2. The second-order valence-electron chi connectivity index (χ2n) is 7.47. The quantitative estimate of drug-likeness (QED) is 0.350. The molecule has 9 nitrogen and oxygen atoms in total. The smallest absolute Gasteiger partial charge is 0.254 e. The van der Waals surface area contributed by atoms with Crippen molar-refractivity contribution in [3.63, 3.8) is 0 Å². The molecule has 0 radical (unpaired) electrons. The van der Waals surface area contributed by atoms with Crippen LogP contribution in [0.2, 0.25) is 0 Å². The van der Waals surface area contributed by atoms with E-state index in [1.54, 1.807) is 36.4 Å². The van der Waals surface area contributed by atoms with Crippen LogP contribution in [0.5, 0.6) is 11.5 Å². The summed E-state index contributed by atoms with van der Waals surface area (Å²) in [5.74, 6) is 1.14. The highest BCUT2D eigenvalue weighted by Gasteiger charge is 2.17. The van der Waals surface area contributed by atoms with Crippen LogP contribution in [0.25, 0.3) is 11.5 Å². The number of hydrogen-bond acceptors (Lipinski definition) is 8. The second kappa shape index (κ2) is 10.8. The summed E-state index contributed by atoms with van der Waals surface area (Å²) in [5, 5.41) is 10.7. The van der Waals surface area contributed by atoms with Crippen LogP contribution >= 0.6 is 0 Å². The van der Waals surface area contributed by atoms with E-state index < -0.39 is 15.7 Å². The number of carbonyl (C=O) groups excluding carboxylic acids is 1. The molecular weight excluding hydrogens is 470 g/mol. The lowest BCUT2D eigenvalue weighted by molar-refractivity contribution is -0.115. The molecule has 35 heavy (non-hydrogen) atoms. The molecule has 0 saturated heterocycles. The van der Waals surface area contributed by atoms with Gasteiger partial charge in [-0.3, -0.25) is 4.79 Å². The van der Waals surface area contributed by atoms with Gasteiger partial charge in [-0.25, -0.2) is 8.42 Å². The molecule has 0 aliphatic heterocycles. The molecular formula is C25H23N3O6S. The van der Waals surface area contributed by atoms with Crippen molar-refractivity contribution in [3.8, 4) is 23.0 Å². The highest BCUT2D eigenvalue weighted by molar-refractivity contribution is 7.91. The van der Waals surface area contributed by atoms with E-state index in [-0.39, 0.29) is 23.7 Å². The first kappa shape index (κ1) is 24.0. The Hall–Kier alpha value is -4.18. The van der Waals surface area contributed by atoms with Crippen LogP contribution < -0.4 is 14.8 Å². The normalized spacial score (nSPS) is 11.1. The SMILES string of the molecule is COc1ccc(S(=O)(=O)CCC(=O)Nc2ccc(OCc3nnc(-c4ccccc4)o3)cc2)cc1. The van der Waals surface area contributed by atoms with Gasteiger partial charge in [0.15, 0.2) is 16.4 Å². The Labute approximate surface area is 202 Å². The summed E-state index contributed by atoms with van der Waals surface area (Å²) in [6.07, 6.45) is -0.173. The molecule has 4 aromatic rings. The first-order valence-corrected chi connectivity index (χ1v) is 12.4. The predicted molar refractivity (Wildman–Crippen MR) is 129 cm³/mol. The molecule has 0 fully saturated rings. The summed E-state index contributed by atoms with van der Waals surface area (Å²) in [4.78, 5) is 12.4. The van der Waals surface area contributed by atoms with Crippen molar-refractivity contribution < 1.29 is 27.1 Å². The van der Waals surface area contributed by atoms with E-state index in [0.717, 1.165) is 5.56 Å². The summed E-state index contributed by atoms with van der Waals surface area (Å²) in [5.41, 5.74) is 1.34. The summed E-state index contributed by atoms with van der Waals surface area (Å²) in [6, 6.07) is 22.2. The van der Waals surface area contributed by atoms with Crippen LogP contribution in [0.15, 0.2) is 88.2 Å². The van der Waals surface area contributed by atoms with Gasteiger partial charge in [-0.2, -0.15) is 0 Å². The summed E-state index contributed by atoms with van der Waals surface area (Å²) in [6.45, 7) is 0.0920. The Morgan fingerprint density at radius 3 is 2.29 bits per heavy atom. The van der Waals surface area contributed by atoms with Crippen molar-refractivity contribution in [2.75, 3.05) is 18.2 Å². The van der Waals surface area contributed by atoms with Gasteiger partial charge in [0.1, 0.15) is 11.5 Å². The van der Waals surface area contributed by atoms with E-state index in [4.69, 9.17) is 13.9 Å². The van der Waals surface area contributed by atoms with Crippen molar-refractivity contribution >= 4 is 21.4 Å². The number of ether oxygens (including phenoxy) is 2. The fourth-order valence-corrected chi connectivity index (χ4v) is 4.38. The largest absolute Gasteiger partial charge is 0.497 e. The van der Waals surface area contributed by atoms with Crippen LogP contribution in [0, 0.1) is 0 Å². The van der Waals surface area contributed by atoms with Crippen LogP contribution in [0.3, 0.4) is 0 Å².